The zero-order valence-corrected chi connectivity index (χ0v) is 7.12. The van der Waals surface area contributed by atoms with Gasteiger partial charge in [0.05, 0.1) is 19.8 Å². The van der Waals surface area contributed by atoms with Crippen LogP contribution in [0.3, 0.4) is 0 Å². The van der Waals surface area contributed by atoms with Crippen LogP contribution in [0.2, 0.25) is 0 Å². The Hall–Kier alpha value is -0.870. The van der Waals surface area contributed by atoms with E-state index in [-0.39, 0.29) is 6.61 Å². The number of aliphatic hydroxyl groups is 2. The highest BCUT2D eigenvalue weighted by Gasteiger charge is 2.09. The monoisotopic (exact) mass is 174 g/mol. The van der Waals surface area contributed by atoms with Crippen molar-refractivity contribution >= 4 is 5.97 Å². The summed E-state index contributed by atoms with van der Waals surface area (Å²) in [7, 11) is 1.27. The average Bonchev–Trinajstić information content (AvgIpc) is 2.11. The number of hydrogen-bond donors (Lipinski definition) is 2. The van der Waals surface area contributed by atoms with E-state index in [1.54, 1.807) is 0 Å². The topological polar surface area (TPSA) is 66.8 Å². The molecule has 0 radical (unpaired) electrons. The maximum Gasteiger partial charge on any atom is 0.333 e. The first kappa shape index (κ1) is 11.1. The van der Waals surface area contributed by atoms with Crippen LogP contribution in [-0.2, 0) is 9.53 Å². The number of esters is 1. The molecule has 70 valence electrons. The molecule has 0 aromatic rings. The molecule has 2 N–H and O–H groups in total. The first-order chi connectivity index (χ1) is 5.61. The summed E-state index contributed by atoms with van der Waals surface area (Å²) in [4.78, 5) is 10.7. The third-order valence-corrected chi connectivity index (χ3v) is 1.46. The highest BCUT2D eigenvalue weighted by Crippen LogP contribution is 2.06. The molecule has 0 spiro atoms. The summed E-state index contributed by atoms with van der Waals surface area (Å²) in [5.74, 6) is -0.472. The molecule has 0 aliphatic heterocycles. The van der Waals surface area contributed by atoms with E-state index in [9.17, 15) is 4.79 Å². The summed E-state index contributed by atoms with van der Waals surface area (Å²) < 4.78 is 4.40. The van der Waals surface area contributed by atoms with E-state index >= 15 is 0 Å². The lowest BCUT2D eigenvalue weighted by Crippen LogP contribution is -2.13. The molecule has 0 aliphatic carbocycles. The number of rotatable bonds is 5. The minimum Gasteiger partial charge on any atom is -0.466 e. The van der Waals surface area contributed by atoms with Gasteiger partial charge in [0, 0.05) is 5.57 Å². The quantitative estimate of drug-likeness (QED) is 0.449. The van der Waals surface area contributed by atoms with E-state index < -0.39 is 12.1 Å². The molecule has 0 aromatic carbocycles. The maximum atomic E-state index is 10.7. The maximum absolute atomic E-state index is 10.7. The second kappa shape index (κ2) is 5.74. The van der Waals surface area contributed by atoms with Crippen LogP contribution in [0.15, 0.2) is 12.2 Å². The van der Waals surface area contributed by atoms with Gasteiger partial charge < -0.3 is 14.9 Å². The van der Waals surface area contributed by atoms with Gasteiger partial charge in [0.25, 0.3) is 0 Å². The number of hydrogen-bond acceptors (Lipinski definition) is 4. The molecule has 0 heterocycles. The molecule has 1 atom stereocenters. The molecule has 0 saturated heterocycles. The number of carbonyl (C=O) groups excluding carboxylic acids is 1. The normalized spacial score (nSPS) is 12.2. The van der Waals surface area contributed by atoms with Crippen molar-refractivity contribution in [2.75, 3.05) is 13.7 Å². The second-order valence-electron chi connectivity index (χ2n) is 2.47. The number of ether oxygens (including phenoxy) is 1. The molecule has 0 saturated carbocycles. The Balaban J connectivity index is 3.64. The summed E-state index contributed by atoms with van der Waals surface area (Å²) in [6.07, 6.45) is -0.120. The fraction of sp³-hybridized carbons (Fsp3) is 0.625. The van der Waals surface area contributed by atoms with Crippen LogP contribution < -0.4 is 0 Å². The fourth-order valence-corrected chi connectivity index (χ4v) is 0.679. The lowest BCUT2D eigenvalue weighted by molar-refractivity contribution is -0.136. The molecule has 4 nitrogen and oxygen atoms in total. The van der Waals surface area contributed by atoms with E-state index in [0.29, 0.717) is 18.4 Å². The largest absolute Gasteiger partial charge is 0.466 e. The van der Waals surface area contributed by atoms with Gasteiger partial charge in [-0.25, -0.2) is 4.79 Å². The van der Waals surface area contributed by atoms with Crippen molar-refractivity contribution in [3.05, 3.63) is 12.2 Å². The predicted molar refractivity (Wildman–Crippen MR) is 43.5 cm³/mol. The van der Waals surface area contributed by atoms with Crippen molar-refractivity contribution in [1.82, 2.24) is 0 Å². The summed E-state index contributed by atoms with van der Waals surface area (Å²) in [5.41, 5.74) is 0.310. The molecule has 0 fully saturated rings. The number of methoxy groups -OCH3 is 1. The van der Waals surface area contributed by atoms with Crippen molar-refractivity contribution in [3.63, 3.8) is 0 Å². The Bertz CT molecular complexity index is 164. The van der Waals surface area contributed by atoms with Crippen LogP contribution >= 0.6 is 0 Å². The Kier molecular flexibility index (Phi) is 5.32. The Morgan fingerprint density at radius 1 is 1.67 bits per heavy atom. The van der Waals surface area contributed by atoms with Crippen molar-refractivity contribution in [2.24, 2.45) is 0 Å². The lowest BCUT2D eigenvalue weighted by Gasteiger charge is -2.06. The minimum absolute atomic E-state index is 0.297. The van der Waals surface area contributed by atoms with Crippen molar-refractivity contribution in [3.8, 4) is 0 Å². The summed E-state index contributed by atoms with van der Waals surface area (Å²) >= 11 is 0. The predicted octanol–water partition coefficient (Wildman–Crippen LogP) is -0.151. The average molecular weight is 174 g/mol. The third kappa shape index (κ3) is 4.10. The van der Waals surface area contributed by atoms with Gasteiger partial charge in [0.1, 0.15) is 0 Å². The molecule has 1 unspecified atom stereocenters. The first-order valence-electron chi connectivity index (χ1n) is 3.66. The highest BCUT2D eigenvalue weighted by atomic mass is 16.5. The van der Waals surface area contributed by atoms with E-state index in [2.05, 4.69) is 11.3 Å². The van der Waals surface area contributed by atoms with Crippen LogP contribution in [0.5, 0.6) is 0 Å². The standard InChI is InChI=1S/C8H14O4/c1-6(8(11)12-2)3-4-7(10)5-9/h7,9-10H,1,3-5H2,2H3. The Morgan fingerprint density at radius 2 is 2.25 bits per heavy atom. The van der Waals surface area contributed by atoms with Crippen LogP contribution in [-0.4, -0.2) is 36.0 Å². The molecular formula is C8H14O4. The van der Waals surface area contributed by atoms with Gasteiger partial charge in [-0.15, -0.1) is 0 Å². The molecule has 12 heavy (non-hydrogen) atoms. The summed E-state index contributed by atoms with van der Waals surface area (Å²) in [5, 5.41) is 17.4. The SMILES string of the molecule is C=C(CCC(O)CO)C(=O)OC. The van der Waals surface area contributed by atoms with E-state index in [1.165, 1.54) is 7.11 Å². The van der Waals surface area contributed by atoms with Gasteiger partial charge in [-0.1, -0.05) is 6.58 Å². The van der Waals surface area contributed by atoms with Crippen LogP contribution in [0.4, 0.5) is 0 Å². The molecular weight excluding hydrogens is 160 g/mol. The zero-order valence-electron chi connectivity index (χ0n) is 7.12. The first-order valence-corrected chi connectivity index (χ1v) is 3.66. The van der Waals surface area contributed by atoms with Gasteiger partial charge >= 0.3 is 5.97 Å². The van der Waals surface area contributed by atoms with Crippen molar-refractivity contribution in [1.29, 1.82) is 0 Å². The van der Waals surface area contributed by atoms with Crippen LogP contribution in [0, 0.1) is 0 Å². The molecule has 0 aliphatic rings. The molecule has 4 heteroatoms. The molecule has 0 amide bonds. The third-order valence-electron chi connectivity index (χ3n) is 1.46. The van der Waals surface area contributed by atoms with Gasteiger partial charge in [-0.2, -0.15) is 0 Å². The zero-order chi connectivity index (χ0) is 9.56. The van der Waals surface area contributed by atoms with Crippen molar-refractivity contribution < 1.29 is 19.7 Å². The van der Waals surface area contributed by atoms with Crippen LogP contribution in [0.1, 0.15) is 12.8 Å². The highest BCUT2D eigenvalue weighted by molar-refractivity contribution is 5.87. The Morgan fingerprint density at radius 3 is 2.67 bits per heavy atom. The Labute approximate surface area is 71.5 Å². The molecule has 0 rings (SSSR count). The van der Waals surface area contributed by atoms with Crippen LogP contribution in [0.25, 0.3) is 0 Å². The molecule has 0 aromatic heterocycles. The summed E-state index contributed by atoms with van der Waals surface area (Å²) in [6.45, 7) is 3.17. The smallest absolute Gasteiger partial charge is 0.333 e. The lowest BCUT2D eigenvalue weighted by atomic mass is 10.1. The van der Waals surface area contributed by atoms with Gasteiger partial charge in [-0.05, 0) is 12.8 Å². The minimum atomic E-state index is -0.786. The van der Waals surface area contributed by atoms with Gasteiger partial charge in [0.15, 0.2) is 0 Å². The summed E-state index contributed by atoms with van der Waals surface area (Å²) in [6, 6.07) is 0. The molecule has 0 bridgehead atoms. The van der Waals surface area contributed by atoms with Crippen molar-refractivity contribution in [2.45, 2.75) is 18.9 Å². The van der Waals surface area contributed by atoms with E-state index in [4.69, 9.17) is 10.2 Å². The fourth-order valence-electron chi connectivity index (χ4n) is 0.679. The van der Waals surface area contributed by atoms with E-state index in [0.717, 1.165) is 0 Å². The van der Waals surface area contributed by atoms with Gasteiger partial charge in [-0.3, -0.25) is 0 Å². The van der Waals surface area contributed by atoms with E-state index in [1.807, 2.05) is 0 Å². The number of carbonyl (C=O) groups is 1. The second-order valence-corrected chi connectivity index (χ2v) is 2.47. The van der Waals surface area contributed by atoms with Gasteiger partial charge in [0.2, 0.25) is 0 Å². The number of aliphatic hydroxyl groups excluding tert-OH is 2.